The summed E-state index contributed by atoms with van der Waals surface area (Å²) in [5, 5.41) is 19.2. The predicted octanol–water partition coefficient (Wildman–Crippen LogP) is 1.27. The normalized spacial score (nSPS) is 12.6. The molecule has 1 amide bonds. The lowest BCUT2D eigenvalue weighted by Crippen LogP contribution is -2.40. The lowest BCUT2D eigenvalue weighted by Gasteiger charge is -2.17. The number of nitrogens with zero attached hydrogens (tertiary/aromatic N) is 1. The maximum atomic E-state index is 12.0. The molecule has 0 fully saturated rings. The molecule has 0 bridgehead atoms. The largest absolute Gasteiger partial charge is 0.471 e. The molecule has 0 spiro atoms. The van der Waals surface area contributed by atoms with Crippen molar-refractivity contribution in [1.82, 2.24) is 5.32 Å². The summed E-state index contributed by atoms with van der Waals surface area (Å²) in [5.41, 5.74) is 0.617. The highest BCUT2D eigenvalue weighted by Crippen LogP contribution is 2.19. The van der Waals surface area contributed by atoms with E-state index in [1.165, 1.54) is 24.3 Å². The maximum absolute atomic E-state index is 12.0. The molecule has 0 unspecified atom stereocenters. The van der Waals surface area contributed by atoms with Gasteiger partial charge in [0.2, 0.25) is 0 Å². The fourth-order valence-corrected chi connectivity index (χ4v) is 1.26. The fourth-order valence-electron chi connectivity index (χ4n) is 1.26. The van der Waals surface area contributed by atoms with Crippen molar-refractivity contribution in [3.63, 3.8) is 0 Å². The summed E-state index contributed by atoms with van der Waals surface area (Å²) >= 11 is 0. The van der Waals surface area contributed by atoms with E-state index in [9.17, 15) is 18.0 Å². The number of nitrogens with one attached hydrogen (secondary N) is 1. The number of hydrogen-bond acceptors (Lipinski definition) is 3. The molecule has 0 heterocycles. The number of alkyl halides is 3. The molecule has 1 aromatic rings. The predicted molar refractivity (Wildman–Crippen MR) is 55.2 cm³/mol. The molecule has 1 rings (SSSR count). The Morgan fingerprint density at radius 2 is 1.94 bits per heavy atom. The minimum atomic E-state index is -5.00. The van der Waals surface area contributed by atoms with E-state index in [-0.39, 0.29) is 5.56 Å². The van der Waals surface area contributed by atoms with Crippen LogP contribution in [0.2, 0.25) is 0 Å². The molecular weight excluding hydrogens is 249 g/mol. The first kappa shape index (κ1) is 14.0. The first-order chi connectivity index (χ1) is 8.38. The first-order valence-corrected chi connectivity index (χ1v) is 4.87. The number of rotatable bonds is 3. The van der Waals surface area contributed by atoms with E-state index < -0.39 is 24.7 Å². The quantitative estimate of drug-likeness (QED) is 0.857. The molecule has 0 saturated carbocycles. The molecule has 7 heteroatoms. The van der Waals surface area contributed by atoms with Gasteiger partial charge in [-0.15, -0.1) is 0 Å². The molecule has 0 aromatic heterocycles. The second-order valence-electron chi connectivity index (χ2n) is 3.44. The van der Waals surface area contributed by atoms with Crippen LogP contribution in [-0.4, -0.2) is 23.8 Å². The van der Waals surface area contributed by atoms with Crippen LogP contribution < -0.4 is 5.32 Å². The summed E-state index contributed by atoms with van der Waals surface area (Å²) in [4.78, 5) is 10.7. The summed E-state index contributed by atoms with van der Waals surface area (Å²) in [6, 6.07) is 6.20. The molecule has 4 nitrogen and oxygen atoms in total. The number of carbonyl (C=O) groups excluding carboxylic acids is 1. The highest BCUT2D eigenvalue weighted by Gasteiger charge is 2.39. The van der Waals surface area contributed by atoms with E-state index in [4.69, 9.17) is 10.4 Å². The number of hydrogen-bond donors (Lipinski definition) is 2. The third kappa shape index (κ3) is 3.46. The SMILES string of the molecule is N#Cc1ccc([C@H](CO)NC(=O)C(F)(F)F)cc1. The Balaban J connectivity index is 2.84. The molecular formula is C11H9F3N2O2. The van der Waals surface area contributed by atoms with Crippen molar-refractivity contribution in [2.24, 2.45) is 0 Å². The van der Waals surface area contributed by atoms with Gasteiger partial charge in [0.1, 0.15) is 0 Å². The summed E-state index contributed by atoms with van der Waals surface area (Å²) in [7, 11) is 0. The second kappa shape index (κ2) is 5.51. The number of halogens is 3. The number of benzene rings is 1. The van der Waals surface area contributed by atoms with E-state index in [2.05, 4.69) is 0 Å². The van der Waals surface area contributed by atoms with Crippen molar-refractivity contribution >= 4 is 5.91 Å². The van der Waals surface area contributed by atoms with Gasteiger partial charge in [-0.2, -0.15) is 18.4 Å². The van der Waals surface area contributed by atoms with Gasteiger partial charge in [0.05, 0.1) is 24.3 Å². The number of aliphatic hydroxyl groups is 1. The summed E-state index contributed by atoms with van der Waals surface area (Å²) in [6.07, 6.45) is -5.00. The van der Waals surface area contributed by atoms with Crippen LogP contribution in [0.25, 0.3) is 0 Å². The standard InChI is InChI=1S/C11H9F3N2O2/c12-11(13,14)10(18)16-9(6-17)8-3-1-7(5-15)2-4-8/h1-4,9,17H,6H2,(H,16,18)/t9-/m0/s1. The highest BCUT2D eigenvalue weighted by atomic mass is 19.4. The number of aliphatic hydroxyl groups excluding tert-OH is 1. The Labute approximate surface area is 101 Å². The van der Waals surface area contributed by atoms with Crippen molar-refractivity contribution in [2.75, 3.05) is 6.61 Å². The molecule has 0 saturated heterocycles. The first-order valence-electron chi connectivity index (χ1n) is 4.87. The van der Waals surface area contributed by atoms with E-state index in [0.29, 0.717) is 5.56 Å². The van der Waals surface area contributed by atoms with Gasteiger partial charge < -0.3 is 10.4 Å². The Morgan fingerprint density at radius 3 is 2.33 bits per heavy atom. The van der Waals surface area contributed by atoms with Gasteiger partial charge in [0, 0.05) is 0 Å². The van der Waals surface area contributed by atoms with Crippen LogP contribution >= 0.6 is 0 Å². The van der Waals surface area contributed by atoms with Gasteiger partial charge in [0.15, 0.2) is 0 Å². The molecule has 0 aliphatic carbocycles. The molecule has 1 atom stereocenters. The van der Waals surface area contributed by atoms with Crippen LogP contribution in [0, 0.1) is 11.3 Å². The second-order valence-corrected chi connectivity index (χ2v) is 3.44. The number of nitriles is 1. The Hall–Kier alpha value is -2.07. The molecule has 0 aliphatic heterocycles. The Bertz CT molecular complexity index is 463. The monoisotopic (exact) mass is 258 g/mol. The van der Waals surface area contributed by atoms with Crippen LogP contribution in [0.5, 0.6) is 0 Å². The maximum Gasteiger partial charge on any atom is 0.471 e. The van der Waals surface area contributed by atoms with Gasteiger partial charge >= 0.3 is 12.1 Å². The highest BCUT2D eigenvalue weighted by molar-refractivity contribution is 5.82. The van der Waals surface area contributed by atoms with Crippen molar-refractivity contribution in [2.45, 2.75) is 12.2 Å². The average molecular weight is 258 g/mol. The zero-order valence-corrected chi connectivity index (χ0v) is 9.03. The fraction of sp³-hybridized carbons (Fsp3) is 0.273. The van der Waals surface area contributed by atoms with Gasteiger partial charge in [0.25, 0.3) is 0 Å². The molecule has 0 radical (unpaired) electrons. The third-order valence-corrected chi connectivity index (χ3v) is 2.19. The zero-order chi connectivity index (χ0) is 13.8. The number of carbonyl (C=O) groups is 1. The van der Waals surface area contributed by atoms with Crippen LogP contribution in [-0.2, 0) is 4.79 Å². The van der Waals surface area contributed by atoms with Gasteiger partial charge in [-0.1, -0.05) is 12.1 Å². The van der Waals surface area contributed by atoms with Gasteiger partial charge in [-0.3, -0.25) is 4.79 Å². The van der Waals surface area contributed by atoms with Crippen LogP contribution in [0.4, 0.5) is 13.2 Å². The van der Waals surface area contributed by atoms with Gasteiger partial charge in [-0.25, -0.2) is 0 Å². The minimum absolute atomic E-state index is 0.286. The van der Waals surface area contributed by atoms with E-state index in [1.54, 1.807) is 5.32 Å². The number of amides is 1. The van der Waals surface area contributed by atoms with Crippen LogP contribution in [0.15, 0.2) is 24.3 Å². The zero-order valence-electron chi connectivity index (χ0n) is 9.03. The van der Waals surface area contributed by atoms with Crippen molar-refractivity contribution in [3.8, 4) is 6.07 Å². The smallest absolute Gasteiger partial charge is 0.394 e. The third-order valence-electron chi connectivity index (χ3n) is 2.19. The van der Waals surface area contributed by atoms with Crippen LogP contribution in [0.1, 0.15) is 17.2 Å². The topological polar surface area (TPSA) is 73.1 Å². The lowest BCUT2D eigenvalue weighted by molar-refractivity contribution is -0.174. The summed E-state index contributed by atoms with van der Waals surface area (Å²) < 4.78 is 36.1. The lowest BCUT2D eigenvalue weighted by atomic mass is 10.1. The van der Waals surface area contributed by atoms with E-state index in [1.807, 2.05) is 6.07 Å². The molecule has 18 heavy (non-hydrogen) atoms. The van der Waals surface area contributed by atoms with Crippen molar-refractivity contribution < 1.29 is 23.1 Å². The van der Waals surface area contributed by atoms with Gasteiger partial charge in [-0.05, 0) is 17.7 Å². The summed E-state index contributed by atoms with van der Waals surface area (Å²) in [6.45, 7) is -0.673. The van der Waals surface area contributed by atoms with Crippen molar-refractivity contribution in [3.05, 3.63) is 35.4 Å². The summed E-state index contributed by atoms with van der Waals surface area (Å²) in [5.74, 6) is -2.12. The minimum Gasteiger partial charge on any atom is -0.394 e. The average Bonchev–Trinajstić information content (AvgIpc) is 2.34. The molecule has 0 aliphatic rings. The van der Waals surface area contributed by atoms with Crippen LogP contribution in [0.3, 0.4) is 0 Å². The Kier molecular flexibility index (Phi) is 4.28. The molecule has 1 aromatic carbocycles. The Morgan fingerprint density at radius 1 is 1.39 bits per heavy atom. The molecule has 96 valence electrons. The van der Waals surface area contributed by atoms with Crippen molar-refractivity contribution in [1.29, 1.82) is 5.26 Å². The van der Waals surface area contributed by atoms with E-state index in [0.717, 1.165) is 0 Å². The van der Waals surface area contributed by atoms with E-state index >= 15 is 0 Å². The molecule has 2 N–H and O–H groups in total.